The molecule has 110 valence electrons. The molecular formula is C16H23NO3. The largest absolute Gasteiger partial charge is 0.465 e. The molecule has 0 aliphatic heterocycles. The third-order valence-corrected chi connectivity index (χ3v) is 3.32. The topological polar surface area (TPSA) is 55.4 Å². The number of carbonyl (C=O) groups excluding carboxylic acids is 2. The highest BCUT2D eigenvalue weighted by atomic mass is 16.5. The highest BCUT2D eigenvalue weighted by molar-refractivity contribution is 5.95. The van der Waals surface area contributed by atoms with Gasteiger partial charge in [0.05, 0.1) is 12.7 Å². The summed E-state index contributed by atoms with van der Waals surface area (Å²) in [5.41, 5.74) is 1.07. The number of ether oxygens (including phenoxy) is 1. The molecule has 1 aromatic rings. The fourth-order valence-electron chi connectivity index (χ4n) is 2.06. The molecule has 0 aromatic heterocycles. The molecule has 0 saturated carbocycles. The van der Waals surface area contributed by atoms with Gasteiger partial charge in [-0.2, -0.15) is 0 Å². The van der Waals surface area contributed by atoms with E-state index in [0.717, 1.165) is 25.7 Å². The number of benzene rings is 1. The molecule has 0 radical (unpaired) electrons. The lowest BCUT2D eigenvalue weighted by Crippen LogP contribution is -2.22. The predicted octanol–water partition coefficient (Wildman–Crippen LogP) is 3.63. The molecule has 0 bridgehead atoms. The zero-order chi connectivity index (χ0) is 15.0. The maximum atomic E-state index is 12.2. The van der Waals surface area contributed by atoms with Crippen molar-refractivity contribution in [2.24, 2.45) is 5.92 Å². The van der Waals surface area contributed by atoms with Gasteiger partial charge in [-0.3, -0.25) is 4.79 Å². The van der Waals surface area contributed by atoms with Crippen LogP contribution in [0.15, 0.2) is 24.3 Å². The Morgan fingerprint density at radius 3 is 2.65 bits per heavy atom. The van der Waals surface area contributed by atoms with Crippen molar-refractivity contribution in [3.63, 3.8) is 0 Å². The lowest BCUT2D eigenvalue weighted by molar-refractivity contribution is -0.120. The first kappa shape index (κ1) is 16.2. The highest BCUT2D eigenvalue weighted by Gasteiger charge is 2.16. The van der Waals surface area contributed by atoms with Crippen LogP contribution in [0.3, 0.4) is 0 Å². The monoisotopic (exact) mass is 277 g/mol. The Morgan fingerprint density at radius 2 is 2.05 bits per heavy atom. The number of anilines is 1. The van der Waals surface area contributed by atoms with Gasteiger partial charge >= 0.3 is 5.97 Å². The molecule has 0 heterocycles. The van der Waals surface area contributed by atoms with Gasteiger partial charge < -0.3 is 10.1 Å². The van der Waals surface area contributed by atoms with Crippen LogP contribution in [0.1, 0.15) is 49.9 Å². The van der Waals surface area contributed by atoms with Gasteiger partial charge in [0.15, 0.2) is 0 Å². The number of carbonyl (C=O) groups is 2. The van der Waals surface area contributed by atoms with Crippen molar-refractivity contribution in [1.82, 2.24) is 0 Å². The van der Waals surface area contributed by atoms with Crippen molar-refractivity contribution < 1.29 is 14.3 Å². The maximum Gasteiger partial charge on any atom is 0.337 e. The van der Waals surface area contributed by atoms with E-state index in [2.05, 4.69) is 17.0 Å². The molecule has 0 aliphatic carbocycles. The van der Waals surface area contributed by atoms with Gasteiger partial charge in [-0.05, 0) is 31.0 Å². The summed E-state index contributed by atoms with van der Waals surface area (Å²) >= 11 is 0. The minimum Gasteiger partial charge on any atom is -0.465 e. The van der Waals surface area contributed by atoms with Crippen LogP contribution < -0.4 is 5.32 Å². The van der Waals surface area contributed by atoms with Crippen LogP contribution >= 0.6 is 0 Å². The average Bonchev–Trinajstić information content (AvgIpc) is 2.47. The third-order valence-electron chi connectivity index (χ3n) is 3.32. The fraction of sp³-hybridized carbons (Fsp3) is 0.500. The third kappa shape index (κ3) is 4.68. The lowest BCUT2D eigenvalue weighted by Gasteiger charge is -2.14. The van der Waals surface area contributed by atoms with E-state index >= 15 is 0 Å². The number of amides is 1. The van der Waals surface area contributed by atoms with E-state index in [1.54, 1.807) is 24.3 Å². The highest BCUT2D eigenvalue weighted by Crippen LogP contribution is 2.17. The lowest BCUT2D eigenvalue weighted by atomic mass is 9.98. The number of hydrogen-bond acceptors (Lipinski definition) is 3. The van der Waals surface area contributed by atoms with Crippen LogP contribution in [0.25, 0.3) is 0 Å². The second-order valence-corrected chi connectivity index (χ2v) is 4.81. The summed E-state index contributed by atoms with van der Waals surface area (Å²) in [5, 5.41) is 2.87. The molecule has 1 unspecified atom stereocenters. The summed E-state index contributed by atoms with van der Waals surface area (Å²) in [5.74, 6) is -0.362. The first-order chi connectivity index (χ1) is 9.62. The Bertz CT molecular complexity index is 457. The molecule has 1 amide bonds. The zero-order valence-corrected chi connectivity index (χ0v) is 12.4. The van der Waals surface area contributed by atoms with Gasteiger partial charge in [0.25, 0.3) is 0 Å². The summed E-state index contributed by atoms with van der Waals surface area (Å²) in [4.78, 5) is 23.6. The van der Waals surface area contributed by atoms with Crippen LogP contribution in [0, 0.1) is 5.92 Å². The van der Waals surface area contributed by atoms with Crippen molar-refractivity contribution in [3.05, 3.63) is 29.8 Å². The van der Waals surface area contributed by atoms with Crippen LogP contribution in [0.4, 0.5) is 5.69 Å². The Kier molecular flexibility index (Phi) is 6.77. The second-order valence-electron chi connectivity index (χ2n) is 4.81. The Hall–Kier alpha value is -1.84. The molecule has 1 N–H and O–H groups in total. The van der Waals surface area contributed by atoms with Gasteiger partial charge in [0.2, 0.25) is 5.91 Å². The van der Waals surface area contributed by atoms with E-state index in [0.29, 0.717) is 11.3 Å². The summed E-state index contributed by atoms with van der Waals surface area (Å²) in [6.45, 7) is 4.13. The van der Waals surface area contributed by atoms with Crippen LogP contribution in [-0.4, -0.2) is 19.0 Å². The molecule has 20 heavy (non-hydrogen) atoms. The Labute approximate surface area is 120 Å². The van der Waals surface area contributed by atoms with E-state index in [-0.39, 0.29) is 11.8 Å². The first-order valence-corrected chi connectivity index (χ1v) is 7.11. The first-order valence-electron chi connectivity index (χ1n) is 7.11. The molecule has 0 aliphatic rings. The molecule has 4 heteroatoms. The molecule has 0 fully saturated rings. The zero-order valence-electron chi connectivity index (χ0n) is 12.4. The number of unbranched alkanes of at least 4 members (excludes halogenated alkanes) is 1. The van der Waals surface area contributed by atoms with Gasteiger partial charge in [0, 0.05) is 11.6 Å². The molecule has 0 saturated heterocycles. The van der Waals surface area contributed by atoms with Crippen molar-refractivity contribution in [3.8, 4) is 0 Å². The molecule has 1 rings (SSSR count). The minimum absolute atomic E-state index is 0.0166. The summed E-state index contributed by atoms with van der Waals surface area (Å²) in [6, 6.07) is 6.80. The van der Waals surface area contributed by atoms with Crippen molar-refractivity contribution in [2.75, 3.05) is 12.4 Å². The Balaban J connectivity index is 2.71. The molecular weight excluding hydrogens is 254 g/mol. The van der Waals surface area contributed by atoms with E-state index in [4.69, 9.17) is 0 Å². The van der Waals surface area contributed by atoms with Crippen LogP contribution in [0.5, 0.6) is 0 Å². The van der Waals surface area contributed by atoms with Crippen LogP contribution in [-0.2, 0) is 9.53 Å². The van der Waals surface area contributed by atoms with Crippen LogP contribution in [0.2, 0.25) is 0 Å². The maximum absolute atomic E-state index is 12.2. The van der Waals surface area contributed by atoms with E-state index in [1.165, 1.54) is 7.11 Å². The van der Waals surface area contributed by atoms with Gasteiger partial charge in [-0.1, -0.05) is 32.8 Å². The number of esters is 1. The molecule has 0 spiro atoms. The van der Waals surface area contributed by atoms with E-state index < -0.39 is 5.97 Å². The molecule has 1 atom stereocenters. The quantitative estimate of drug-likeness (QED) is 0.774. The summed E-state index contributed by atoms with van der Waals surface area (Å²) < 4.78 is 4.67. The minimum atomic E-state index is -0.404. The fourth-order valence-corrected chi connectivity index (χ4v) is 2.06. The normalized spacial score (nSPS) is 11.8. The van der Waals surface area contributed by atoms with Gasteiger partial charge in [-0.25, -0.2) is 4.79 Å². The van der Waals surface area contributed by atoms with Gasteiger partial charge in [-0.15, -0.1) is 0 Å². The number of nitrogens with one attached hydrogen (secondary N) is 1. The van der Waals surface area contributed by atoms with Crippen molar-refractivity contribution in [1.29, 1.82) is 0 Å². The van der Waals surface area contributed by atoms with Crippen molar-refractivity contribution >= 4 is 17.6 Å². The Morgan fingerprint density at radius 1 is 1.30 bits per heavy atom. The van der Waals surface area contributed by atoms with Crippen molar-refractivity contribution in [2.45, 2.75) is 39.5 Å². The SMILES string of the molecule is CCCCC(CC)C(=O)Nc1cccc(C(=O)OC)c1. The number of methoxy groups -OCH3 is 1. The molecule has 1 aromatic carbocycles. The number of hydrogen-bond donors (Lipinski definition) is 1. The number of rotatable bonds is 7. The summed E-state index contributed by atoms with van der Waals surface area (Å²) in [7, 11) is 1.34. The predicted molar refractivity (Wildman–Crippen MR) is 79.7 cm³/mol. The van der Waals surface area contributed by atoms with E-state index in [1.807, 2.05) is 6.92 Å². The average molecular weight is 277 g/mol. The van der Waals surface area contributed by atoms with Gasteiger partial charge in [0.1, 0.15) is 0 Å². The smallest absolute Gasteiger partial charge is 0.337 e. The molecule has 4 nitrogen and oxygen atoms in total. The second kappa shape index (κ2) is 8.35. The van der Waals surface area contributed by atoms with E-state index in [9.17, 15) is 9.59 Å². The summed E-state index contributed by atoms with van der Waals surface area (Å²) in [6.07, 6.45) is 3.85. The standard InChI is InChI=1S/C16H23NO3/c1-4-6-8-12(5-2)15(18)17-14-10-7-9-13(11-14)16(19)20-3/h7,9-12H,4-6,8H2,1-3H3,(H,17,18).